The number of aliphatic carboxylic acids is 1. The van der Waals surface area contributed by atoms with Crippen molar-refractivity contribution in [1.29, 1.82) is 0 Å². The van der Waals surface area contributed by atoms with Gasteiger partial charge in [0.25, 0.3) is 11.8 Å². The molecule has 0 aromatic heterocycles. The van der Waals surface area contributed by atoms with Gasteiger partial charge in [0.05, 0.1) is 0 Å². The smallest absolute Gasteiger partial charge is 0.326 e. The van der Waals surface area contributed by atoms with E-state index in [1.54, 1.807) is 18.2 Å². The Bertz CT molecular complexity index is 867. The lowest BCUT2D eigenvalue weighted by Crippen LogP contribution is -2.48. The molecule has 1 atom stereocenters. The molecule has 2 aromatic rings. The van der Waals surface area contributed by atoms with Gasteiger partial charge in [0.1, 0.15) is 11.9 Å². The number of carbonyl (C=O) groups excluding carboxylic acids is 2. The van der Waals surface area contributed by atoms with Crippen molar-refractivity contribution in [3.8, 4) is 0 Å². The molecule has 2 N–H and O–H groups in total. The fourth-order valence-electron chi connectivity index (χ4n) is 3.13. The highest BCUT2D eigenvalue weighted by atomic mass is 19.1. The van der Waals surface area contributed by atoms with Crippen LogP contribution < -0.4 is 5.32 Å². The maximum absolute atomic E-state index is 13.0. The van der Waals surface area contributed by atoms with Gasteiger partial charge in [0, 0.05) is 23.4 Å². The normalized spacial score (nSPS) is 16.6. The van der Waals surface area contributed by atoms with Gasteiger partial charge in [0.2, 0.25) is 0 Å². The van der Waals surface area contributed by atoms with E-state index in [1.165, 1.54) is 35.2 Å². The quantitative estimate of drug-likeness (QED) is 0.866. The van der Waals surface area contributed by atoms with Crippen molar-refractivity contribution in [2.45, 2.75) is 25.3 Å². The Morgan fingerprint density at radius 2 is 1.78 bits per heavy atom. The summed E-state index contributed by atoms with van der Waals surface area (Å²) in [7, 11) is 0. The maximum atomic E-state index is 13.0. The highest BCUT2D eigenvalue weighted by molar-refractivity contribution is 6.05. The van der Waals surface area contributed by atoms with E-state index in [0.717, 1.165) is 12.8 Å². The second-order valence-electron chi connectivity index (χ2n) is 6.39. The Balaban J connectivity index is 1.76. The standard InChI is InChI=1S/C20H19FN2O4/c21-15-9-7-13(8-10-15)18(24)22-16-5-3-4-14(12-16)19(25)23-11-2-1-6-17(23)20(26)27/h3-5,7-10,12,17H,1-2,6,11H2,(H,22,24)(H,26,27). The summed E-state index contributed by atoms with van der Waals surface area (Å²) in [6.07, 6.45) is 1.97. The average molecular weight is 370 g/mol. The minimum absolute atomic E-state index is 0.287. The Kier molecular flexibility index (Phi) is 5.49. The first-order chi connectivity index (χ1) is 13.0. The Hall–Kier alpha value is -3.22. The summed E-state index contributed by atoms with van der Waals surface area (Å²) in [6, 6.07) is 10.6. The Labute approximate surface area is 155 Å². The molecule has 0 radical (unpaired) electrons. The van der Waals surface area contributed by atoms with Crippen LogP contribution in [-0.2, 0) is 4.79 Å². The monoisotopic (exact) mass is 370 g/mol. The van der Waals surface area contributed by atoms with Gasteiger partial charge in [-0.2, -0.15) is 0 Å². The Morgan fingerprint density at radius 1 is 1.04 bits per heavy atom. The molecule has 1 unspecified atom stereocenters. The number of amides is 2. The number of nitrogens with one attached hydrogen (secondary N) is 1. The second-order valence-corrected chi connectivity index (χ2v) is 6.39. The molecule has 3 rings (SSSR count). The van der Waals surface area contributed by atoms with Crippen molar-refractivity contribution in [2.75, 3.05) is 11.9 Å². The third-order valence-electron chi connectivity index (χ3n) is 4.52. The number of hydrogen-bond donors (Lipinski definition) is 2. The van der Waals surface area contributed by atoms with Crippen LogP contribution in [0.25, 0.3) is 0 Å². The molecule has 1 saturated heterocycles. The molecule has 2 amide bonds. The van der Waals surface area contributed by atoms with Crippen molar-refractivity contribution in [3.63, 3.8) is 0 Å². The van der Waals surface area contributed by atoms with Crippen LogP contribution in [0.15, 0.2) is 48.5 Å². The first kappa shape index (κ1) is 18.6. The molecule has 27 heavy (non-hydrogen) atoms. The molecule has 140 valence electrons. The van der Waals surface area contributed by atoms with Gasteiger partial charge in [-0.1, -0.05) is 6.07 Å². The zero-order valence-electron chi connectivity index (χ0n) is 14.5. The first-order valence-electron chi connectivity index (χ1n) is 8.66. The number of benzene rings is 2. The van der Waals surface area contributed by atoms with Crippen LogP contribution >= 0.6 is 0 Å². The van der Waals surface area contributed by atoms with Crippen molar-refractivity contribution >= 4 is 23.5 Å². The molecule has 2 aromatic carbocycles. The number of likely N-dealkylation sites (tertiary alicyclic amines) is 1. The predicted octanol–water partition coefficient (Wildman–Crippen LogP) is 3.16. The first-order valence-corrected chi connectivity index (χ1v) is 8.66. The number of rotatable bonds is 4. The SMILES string of the molecule is O=C(Nc1cccc(C(=O)N2CCCCC2C(=O)O)c1)c1ccc(F)cc1. The van der Waals surface area contributed by atoms with Gasteiger partial charge >= 0.3 is 5.97 Å². The summed E-state index contributed by atoms with van der Waals surface area (Å²) in [5, 5.41) is 12.0. The third kappa shape index (κ3) is 4.31. The van der Waals surface area contributed by atoms with E-state index >= 15 is 0 Å². The molecule has 0 saturated carbocycles. The van der Waals surface area contributed by atoms with Crippen molar-refractivity contribution < 1.29 is 23.9 Å². The number of hydrogen-bond acceptors (Lipinski definition) is 3. The lowest BCUT2D eigenvalue weighted by molar-refractivity contribution is -0.143. The van der Waals surface area contributed by atoms with E-state index in [9.17, 15) is 23.9 Å². The number of nitrogens with zero attached hydrogens (tertiary/aromatic N) is 1. The molecule has 7 heteroatoms. The fourth-order valence-corrected chi connectivity index (χ4v) is 3.13. The van der Waals surface area contributed by atoms with Crippen molar-refractivity contribution in [1.82, 2.24) is 4.90 Å². The maximum Gasteiger partial charge on any atom is 0.326 e. The lowest BCUT2D eigenvalue weighted by Gasteiger charge is -2.33. The molecule has 1 aliphatic rings. The molecule has 0 bridgehead atoms. The van der Waals surface area contributed by atoms with Gasteiger partial charge in [-0.25, -0.2) is 9.18 Å². The van der Waals surface area contributed by atoms with Gasteiger partial charge in [-0.3, -0.25) is 9.59 Å². The summed E-state index contributed by atoms with van der Waals surface area (Å²) in [4.78, 5) is 37.8. The molecule has 6 nitrogen and oxygen atoms in total. The lowest BCUT2D eigenvalue weighted by atomic mass is 10.0. The van der Waals surface area contributed by atoms with Gasteiger partial charge in [-0.05, 0) is 61.7 Å². The number of carboxylic acids is 1. The van der Waals surface area contributed by atoms with Gasteiger partial charge in [0.15, 0.2) is 0 Å². The zero-order valence-corrected chi connectivity index (χ0v) is 14.5. The molecule has 1 aliphatic heterocycles. The van der Waals surface area contributed by atoms with Crippen LogP contribution in [0.2, 0.25) is 0 Å². The molecule has 0 spiro atoms. The van der Waals surface area contributed by atoms with Crippen LogP contribution in [-0.4, -0.2) is 40.4 Å². The average Bonchev–Trinajstić information content (AvgIpc) is 2.68. The van der Waals surface area contributed by atoms with Crippen LogP contribution in [0.1, 0.15) is 40.0 Å². The summed E-state index contributed by atoms with van der Waals surface area (Å²) >= 11 is 0. The number of carbonyl (C=O) groups is 3. The number of halogens is 1. The fraction of sp³-hybridized carbons (Fsp3) is 0.250. The zero-order chi connectivity index (χ0) is 19.4. The number of carboxylic acid groups (broad SMARTS) is 1. The number of anilines is 1. The highest BCUT2D eigenvalue weighted by Gasteiger charge is 2.32. The van der Waals surface area contributed by atoms with E-state index < -0.39 is 23.7 Å². The van der Waals surface area contributed by atoms with E-state index in [1.807, 2.05) is 0 Å². The van der Waals surface area contributed by atoms with Gasteiger partial charge in [-0.15, -0.1) is 0 Å². The minimum atomic E-state index is -1.01. The van der Waals surface area contributed by atoms with Crippen LogP contribution in [0.5, 0.6) is 0 Å². The highest BCUT2D eigenvalue weighted by Crippen LogP contribution is 2.21. The molecule has 1 fully saturated rings. The minimum Gasteiger partial charge on any atom is -0.480 e. The molecular formula is C20H19FN2O4. The summed E-state index contributed by atoms with van der Waals surface area (Å²) in [5.74, 6) is -2.25. The summed E-state index contributed by atoms with van der Waals surface area (Å²) < 4.78 is 13.0. The second kappa shape index (κ2) is 7.99. The van der Waals surface area contributed by atoms with Crippen LogP contribution in [0.4, 0.5) is 10.1 Å². The largest absolute Gasteiger partial charge is 0.480 e. The van der Waals surface area contributed by atoms with Crippen LogP contribution in [0, 0.1) is 5.82 Å². The van der Waals surface area contributed by atoms with E-state index in [4.69, 9.17) is 0 Å². The van der Waals surface area contributed by atoms with Crippen LogP contribution in [0.3, 0.4) is 0 Å². The number of piperidine rings is 1. The van der Waals surface area contributed by atoms with Gasteiger partial charge < -0.3 is 15.3 Å². The molecule has 1 heterocycles. The summed E-state index contributed by atoms with van der Waals surface area (Å²) in [5.41, 5.74) is 0.995. The molecule has 0 aliphatic carbocycles. The summed E-state index contributed by atoms with van der Waals surface area (Å²) in [6.45, 7) is 0.391. The third-order valence-corrected chi connectivity index (χ3v) is 4.52. The van der Waals surface area contributed by atoms with E-state index in [2.05, 4.69) is 5.32 Å². The van der Waals surface area contributed by atoms with E-state index in [-0.39, 0.29) is 11.5 Å². The Morgan fingerprint density at radius 3 is 2.48 bits per heavy atom. The predicted molar refractivity (Wildman–Crippen MR) is 97.1 cm³/mol. The molecular weight excluding hydrogens is 351 g/mol. The van der Waals surface area contributed by atoms with Crippen molar-refractivity contribution in [3.05, 3.63) is 65.5 Å². The van der Waals surface area contributed by atoms with E-state index in [0.29, 0.717) is 24.2 Å². The topological polar surface area (TPSA) is 86.7 Å². The van der Waals surface area contributed by atoms with Crippen molar-refractivity contribution in [2.24, 2.45) is 0 Å².